The number of aryl methyl sites for hydroxylation is 1. The van der Waals surface area contributed by atoms with Crippen LogP contribution < -0.4 is 10.2 Å². The monoisotopic (exact) mass is 326 g/mol. The lowest BCUT2D eigenvalue weighted by Gasteiger charge is -2.40. The highest BCUT2D eigenvalue weighted by atomic mass is 79.9. The second-order valence-corrected chi connectivity index (χ2v) is 5.99. The van der Waals surface area contributed by atoms with E-state index in [1.807, 2.05) is 0 Å². The van der Waals surface area contributed by atoms with Crippen LogP contribution in [0.1, 0.15) is 18.9 Å². The summed E-state index contributed by atoms with van der Waals surface area (Å²) in [6, 6.07) is 6.66. The second-order valence-electron chi connectivity index (χ2n) is 5.14. The molecule has 2 unspecified atom stereocenters. The minimum absolute atomic E-state index is 0.00813. The molecule has 1 heterocycles. The molecule has 1 aliphatic rings. The third kappa shape index (κ3) is 3.48. The summed E-state index contributed by atoms with van der Waals surface area (Å²) in [6.07, 6.45) is 0.163. The Labute approximate surface area is 121 Å². The first-order chi connectivity index (χ1) is 8.97. The van der Waals surface area contributed by atoms with Gasteiger partial charge in [-0.25, -0.2) is 0 Å². The lowest BCUT2D eigenvalue weighted by molar-refractivity contribution is -0.137. The molecule has 2 N–H and O–H groups in total. The maximum Gasteiger partial charge on any atom is 0.304 e. The van der Waals surface area contributed by atoms with Crippen molar-refractivity contribution < 1.29 is 9.90 Å². The van der Waals surface area contributed by atoms with Gasteiger partial charge in [-0.05, 0) is 31.5 Å². The van der Waals surface area contributed by atoms with Gasteiger partial charge in [-0.3, -0.25) is 4.79 Å². The van der Waals surface area contributed by atoms with E-state index in [1.165, 1.54) is 5.56 Å². The van der Waals surface area contributed by atoms with Gasteiger partial charge in [0, 0.05) is 35.3 Å². The molecule has 0 spiro atoms. The highest BCUT2D eigenvalue weighted by Gasteiger charge is 2.26. The summed E-state index contributed by atoms with van der Waals surface area (Å²) in [4.78, 5) is 13.1. The number of carboxylic acid groups (broad SMARTS) is 1. The fraction of sp³-hybridized carbons (Fsp3) is 0.500. The van der Waals surface area contributed by atoms with Gasteiger partial charge in [0.15, 0.2) is 0 Å². The van der Waals surface area contributed by atoms with Crippen LogP contribution in [0.25, 0.3) is 0 Å². The zero-order valence-electron chi connectivity index (χ0n) is 11.2. The quantitative estimate of drug-likeness (QED) is 0.895. The molecule has 2 rings (SSSR count). The Morgan fingerprint density at radius 3 is 2.95 bits per heavy atom. The van der Waals surface area contributed by atoms with Crippen molar-refractivity contribution in [2.45, 2.75) is 32.4 Å². The number of carbonyl (C=O) groups is 1. The van der Waals surface area contributed by atoms with Gasteiger partial charge in [0.2, 0.25) is 0 Å². The molecule has 104 valence electrons. The molecule has 0 radical (unpaired) electrons. The third-order valence-electron chi connectivity index (χ3n) is 3.56. The lowest BCUT2D eigenvalue weighted by atomic mass is 10.1. The van der Waals surface area contributed by atoms with Crippen molar-refractivity contribution >= 4 is 27.6 Å². The van der Waals surface area contributed by atoms with Gasteiger partial charge in [0.05, 0.1) is 6.42 Å². The van der Waals surface area contributed by atoms with Crippen LogP contribution in [0.3, 0.4) is 0 Å². The molecule has 4 nitrogen and oxygen atoms in total. The summed E-state index contributed by atoms with van der Waals surface area (Å²) in [5, 5.41) is 12.2. The van der Waals surface area contributed by atoms with Crippen LogP contribution in [0.2, 0.25) is 0 Å². The van der Waals surface area contributed by atoms with E-state index in [0.29, 0.717) is 6.04 Å². The maximum absolute atomic E-state index is 10.8. The largest absolute Gasteiger partial charge is 0.481 e. The van der Waals surface area contributed by atoms with Crippen molar-refractivity contribution in [3.8, 4) is 0 Å². The van der Waals surface area contributed by atoms with Gasteiger partial charge in [0.25, 0.3) is 0 Å². The molecule has 0 aliphatic carbocycles. The summed E-state index contributed by atoms with van der Waals surface area (Å²) >= 11 is 3.55. The number of halogens is 1. The Hall–Kier alpha value is -1.07. The minimum atomic E-state index is -0.753. The molecular weight excluding hydrogens is 308 g/mol. The third-order valence-corrected chi connectivity index (χ3v) is 4.41. The Morgan fingerprint density at radius 1 is 1.58 bits per heavy atom. The molecule has 5 heteroatoms. The van der Waals surface area contributed by atoms with E-state index >= 15 is 0 Å². The highest BCUT2D eigenvalue weighted by Crippen LogP contribution is 2.26. The van der Waals surface area contributed by atoms with Gasteiger partial charge >= 0.3 is 5.97 Å². The average Bonchev–Trinajstić information content (AvgIpc) is 2.34. The van der Waals surface area contributed by atoms with E-state index in [-0.39, 0.29) is 12.5 Å². The molecule has 1 aromatic rings. The topological polar surface area (TPSA) is 52.6 Å². The van der Waals surface area contributed by atoms with Crippen LogP contribution in [0, 0.1) is 6.92 Å². The number of benzene rings is 1. The number of nitrogens with zero attached hydrogens (tertiary/aromatic N) is 1. The number of carboxylic acids is 1. The summed E-state index contributed by atoms with van der Waals surface area (Å²) in [7, 11) is 0. The maximum atomic E-state index is 10.8. The molecule has 0 amide bonds. The van der Waals surface area contributed by atoms with E-state index in [2.05, 4.69) is 58.2 Å². The fourth-order valence-corrected chi connectivity index (χ4v) is 2.76. The van der Waals surface area contributed by atoms with Crippen molar-refractivity contribution in [3.63, 3.8) is 0 Å². The molecule has 0 saturated carbocycles. The Bertz CT molecular complexity index is 479. The number of aliphatic carboxylic acids is 1. The SMILES string of the molecule is Cc1ccc(N2CC(CC(=O)O)NCC2C)cc1Br. The van der Waals surface area contributed by atoms with Crippen LogP contribution >= 0.6 is 15.9 Å². The number of rotatable bonds is 3. The second kappa shape index (κ2) is 5.92. The number of anilines is 1. The molecule has 19 heavy (non-hydrogen) atoms. The van der Waals surface area contributed by atoms with E-state index in [0.717, 1.165) is 23.2 Å². The van der Waals surface area contributed by atoms with Crippen LogP contribution in [0.5, 0.6) is 0 Å². The summed E-state index contributed by atoms with van der Waals surface area (Å²) < 4.78 is 1.09. The molecule has 0 aromatic heterocycles. The molecule has 0 bridgehead atoms. The summed E-state index contributed by atoms with van der Waals surface area (Å²) in [5.74, 6) is -0.753. The van der Waals surface area contributed by atoms with Crippen LogP contribution in [-0.2, 0) is 4.79 Å². The average molecular weight is 327 g/mol. The molecule has 1 aliphatic heterocycles. The van der Waals surface area contributed by atoms with E-state index in [1.54, 1.807) is 0 Å². The lowest BCUT2D eigenvalue weighted by Crippen LogP contribution is -2.56. The number of hydrogen-bond acceptors (Lipinski definition) is 3. The fourth-order valence-electron chi connectivity index (χ4n) is 2.40. The molecule has 2 atom stereocenters. The molecular formula is C14H19BrN2O2. The van der Waals surface area contributed by atoms with Gasteiger partial charge in [-0.1, -0.05) is 22.0 Å². The van der Waals surface area contributed by atoms with Gasteiger partial charge in [0.1, 0.15) is 0 Å². The smallest absolute Gasteiger partial charge is 0.304 e. The molecule has 1 saturated heterocycles. The van der Waals surface area contributed by atoms with Crippen molar-refractivity contribution in [2.75, 3.05) is 18.0 Å². The van der Waals surface area contributed by atoms with Crippen LogP contribution in [-0.4, -0.2) is 36.2 Å². The number of piperazine rings is 1. The van der Waals surface area contributed by atoms with Crippen molar-refractivity contribution in [1.82, 2.24) is 5.32 Å². The number of hydrogen-bond donors (Lipinski definition) is 2. The van der Waals surface area contributed by atoms with Crippen molar-refractivity contribution in [1.29, 1.82) is 0 Å². The summed E-state index contributed by atoms with van der Waals surface area (Å²) in [5.41, 5.74) is 2.34. The van der Waals surface area contributed by atoms with E-state index in [9.17, 15) is 4.79 Å². The first-order valence-corrected chi connectivity index (χ1v) is 7.24. The first-order valence-electron chi connectivity index (χ1n) is 6.45. The van der Waals surface area contributed by atoms with Gasteiger partial charge in [-0.2, -0.15) is 0 Å². The zero-order valence-corrected chi connectivity index (χ0v) is 12.8. The zero-order chi connectivity index (χ0) is 14.0. The predicted octanol–water partition coefficient (Wildman–Crippen LogP) is 2.40. The Morgan fingerprint density at radius 2 is 2.32 bits per heavy atom. The predicted molar refractivity (Wildman–Crippen MR) is 79.7 cm³/mol. The highest BCUT2D eigenvalue weighted by molar-refractivity contribution is 9.10. The van der Waals surface area contributed by atoms with Crippen molar-refractivity contribution in [3.05, 3.63) is 28.2 Å². The minimum Gasteiger partial charge on any atom is -0.481 e. The standard InChI is InChI=1S/C14H19BrN2O2/c1-9-3-4-12(6-13(9)15)17-8-11(5-14(18)19)16-7-10(17)2/h3-4,6,10-11,16H,5,7-8H2,1-2H3,(H,18,19). The van der Waals surface area contributed by atoms with E-state index in [4.69, 9.17) is 5.11 Å². The Kier molecular flexibility index (Phi) is 4.47. The Balaban J connectivity index is 2.16. The van der Waals surface area contributed by atoms with Crippen molar-refractivity contribution in [2.24, 2.45) is 0 Å². The van der Waals surface area contributed by atoms with Gasteiger partial charge < -0.3 is 15.3 Å². The molecule has 1 aromatic carbocycles. The van der Waals surface area contributed by atoms with Gasteiger partial charge in [-0.15, -0.1) is 0 Å². The molecule has 1 fully saturated rings. The van der Waals surface area contributed by atoms with E-state index < -0.39 is 5.97 Å². The van der Waals surface area contributed by atoms with Crippen LogP contribution in [0.4, 0.5) is 5.69 Å². The normalized spacial score (nSPS) is 23.4. The van der Waals surface area contributed by atoms with Crippen LogP contribution in [0.15, 0.2) is 22.7 Å². The number of nitrogens with one attached hydrogen (secondary N) is 1. The first kappa shape index (κ1) is 14.3. The summed E-state index contributed by atoms with van der Waals surface area (Å²) in [6.45, 7) is 5.74.